The first-order valence-corrected chi connectivity index (χ1v) is 7.14. The van der Waals surface area contributed by atoms with Gasteiger partial charge < -0.3 is 5.32 Å². The molecule has 0 saturated heterocycles. The van der Waals surface area contributed by atoms with Crippen molar-refractivity contribution in [2.75, 3.05) is 18.4 Å². The van der Waals surface area contributed by atoms with Gasteiger partial charge in [-0.2, -0.15) is 4.37 Å². The molecular formula is C12H24N4S. The Bertz CT molecular complexity index is 314. The number of hydrogen-bond acceptors (Lipinski definition) is 5. The van der Waals surface area contributed by atoms with Crippen molar-refractivity contribution in [2.45, 2.75) is 53.1 Å². The van der Waals surface area contributed by atoms with Crippen molar-refractivity contribution in [3.8, 4) is 0 Å². The number of nitrogens with zero attached hydrogens (tertiary/aromatic N) is 3. The second-order valence-corrected chi connectivity index (χ2v) is 5.47. The number of rotatable bonds is 7. The van der Waals surface area contributed by atoms with Gasteiger partial charge in [0, 0.05) is 43.1 Å². The van der Waals surface area contributed by atoms with E-state index in [1.54, 1.807) is 0 Å². The lowest BCUT2D eigenvalue weighted by atomic mass is 10.2. The molecule has 1 rings (SSSR count). The van der Waals surface area contributed by atoms with E-state index in [1.807, 2.05) is 0 Å². The lowest BCUT2D eigenvalue weighted by molar-refractivity contribution is 0.182. The molecule has 0 radical (unpaired) electrons. The zero-order valence-corrected chi connectivity index (χ0v) is 12.3. The van der Waals surface area contributed by atoms with Gasteiger partial charge in [-0.05, 0) is 27.7 Å². The zero-order chi connectivity index (χ0) is 12.8. The van der Waals surface area contributed by atoms with Crippen molar-refractivity contribution in [3.63, 3.8) is 0 Å². The molecule has 0 aliphatic rings. The standard InChI is InChI=1S/C12H24N4S/c1-6-11-14-12(17-15-11)13-7-8-16(9(2)3)10(4)5/h9-10H,6-8H2,1-5H3,(H,13,14,15). The van der Waals surface area contributed by atoms with Gasteiger partial charge in [-0.3, -0.25) is 4.90 Å². The molecule has 5 heteroatoms. The molecule has 0 bridgehead atoms. The van der Waals surface area contributed by atoms with Crippen LogP contribution in [0.4, 0.5) is 5.13 Å². The highest BCUT2D eigenvalue weighted by Crippen LogP contribution is 2.11. The first-order chi connectivity index (χ1) is 8.04. The summed E-state index contributed by atoms with van der Waals surface area (Å²) in [5, 5.41) is 4.28. The van der Waals surface area contributed by atoms with E-state index in [0.717, 1.165) is 30.5 Å². The van der Waals surface area contributed by atoms with E-state index in [2.05, 4.69) is 54.2 Å². The monoisotopic (exact) mass is 256 g/mol. The molecule has 0 aliphatic carbocycles. The minimum atomic E-state index is 0.581. The molecule has 1 aromatic rings. The summed E-state index contributed by atoms with van der Waals surface area (Å²) in [5.74, 6) is 0.932. The van der Waals surface area contributed by atoms with Crippen LogP contribution >= 0.6 is 11.5 Å². The van der Waals surface area contributed by atoms with Crippen molar-refractivity contribution in [2.24, 2.45) is 0 Å². The van der Waals surface area contributed by atoms with Gasteiger partial charge in [0.25, 0.3) is 0 Å². The first-order valence-electron chi connectivity index (χ1n) is 6.36. The average Bonchev–Trinajstić information content (AvgIpc) is 2.71. The van der Waals surface area contributed by atoms with Crippen LogP contribution in [0.3, 0.4) is 0 Å². The van der Waals surface area contributed by atoms with Crippen LogP contribution in [0.15, 0.2) is 0 Å². The largest absolute Gasteiger partial charge is 0.359 e. The normalized spacial score (nSPS) is 11.8. The number of aromatic nitrogens is 2. The van der Waals surface area contributed by atoms with Crippen molar-refractivity contribution in [1.29, 1.82) is 0 Å². The Morgan fingerprint density at radius 3 is 2.35 bits per heavy atom. The lowest BCUT2D eigenvalue weighted by Gasteiger charge is -2.30. The topological polar surface area (TPSA) is 41.1 Å². The maximum absolute atomic E-state index is 4.39. The van der Waals surface area contributed by atoms with E-state index in [9.17, 15) is 0 Å². The molecule has 0 atom stereocenters. The van der Waals surface area contributed by atoms with Gasteiger partial charge in [0.2, 0.25) is 5.13 Å². The number of aryl methyl sites for hydroxylation is 1. The van der Waals surface area contributed by atoms with Crippen molar-refractivity contribution < 1.29 is 0 Å². The Morgan fingerprint density at radius 1 is 1.24 bits per heavy atom. The molecule has 4 nitrogen and oxygen atoms in total. The highest BCUT2D eigenvalue weighted by Gasteiger charge is 2.12. The number of anilines is 1. The smallest absolute Gasteiger partial charge is 0.202 e. The Morgan fingerprint density at radius 2 is 1.88 bits per heavy atom. The summed E-state index contributed by atoms with van der Waals surface area (Å²) in [4.78, 5) is 6.86. The van der Waals surface area contributed by atoms with Crippen LogP contribution in [0.5, 0.6) is 0 Å². The van der Waals surface area contributed by atoms with Crippen molar-refractivity contribution >= 4 is 16.7 Å². The predicted molar refractivity (Wildman–Crippen MR) is 74.8 cm³/mol. The Kier molecular flexibility index (Phi) is 5.85. The zero-order valence-electron chi connectivity index (χ0n) is 11.5. The Balaban J connectivity index is 2.35. The van der Waals surface area contributed by atoms with Gasteiger partial charge in [-0.1, -0.05) is 6.92 Å². The summed E-state index contributed by atoms with van der Waals surface area (Å²) in [6, 6.07) is 1.16. The molecule has 0 fully saturated rings. The molecule has 98 valence electrons. The van der Waals surface area contributed by atoms with Crippen LogP contribution in [0.1, 0.15) is 40.4 Å². The highest BCUT2D eigenvalue weighted by atomic mass is 32.1. The van der Waals surface area contributed by atoms with Crippen LogP contribution in [-0.2, 0) is 6.42 Å². The number of hydrogen-bond donors (Lipinski definition) is 1. The summed E-state index contributed by atoms with van der Waals surface area (Å²) < 4.78 is 4.26. The Labute approximate surface area is 109 Å². The van der Waals surface area contributed by atoms with Crippen LogP contribution in [-0.4, -0.2) is 39.4 Å². The molecule has 0 unspecified atom stereocenters. The molecule has 1 N–H and O–H groups in total. The van der Waals surface area contributed by atoms with Crippen LogP contribution < -0.4 is 5.32 Å². The van der Waals surface area contributed by atoms with Crippen LogP contribution in [0.25, 0.3) is 0 Å². The van der Waals surface area contributed by atoms with E-state index in [0.29, 0.717) is 12.1 Å². The van der Waals surface area contributed by atoms with Gasteiger partial charge in [-0.15, -0.1) is 0 Å². The van der Waals surface area contributed by atoms with Gasteiger partial charge in [-0.25, -0.2) is 4.98 Å². The maximum Gasteiger partial charge on any atom is 0.202 e. The summed E-state index contributed by atoms with van der Waals surface area (Å²) in [5.41, 5.74) is 0. The van der Waals surface area contributed by atoms with Gasteiger partial charge in [0.1, 0.15) is 5.82 Å². The second kappa shape index (κ2) is 6.91. The van der Waals surface area contributed by atoms with Crippen molar-refractivity contribution in [3.05, 3.63) is 5.82 Å². The van der Waals surface area contributed by atoms with Crippen LogP contribution in [0, 0.1) is 0 Å². The molecule has 0 aromatic carbocycles. The maximum atomic E-state index is 4.39. The fourth-order valence-corrected chi connectivity index (χ4v) is 2.55. The molecule has 1 aromatic heterocycles. The van der Waals surface area contributed by atoms with Gasteiger partial charge >= 0.3 is 0 Å². The van der Waals surface area contributed by atoms with E-state index in [4.69, 9.17) is 0 Å². The minimum absolute atomic E-state index is 0.581. The molecular weight excluding hydrogens is 232 g/mol. The van der Waals surface area contributed by atoms with Crippen molar-refractivity contribution in [1.82, 2.24) is 14.3 Å². The fourth-order valence-electron chi connectivity index (χ4n) is 1.87. The van der Waals surface area contributed by atoms with E-state index >= 15 is 0 Å². The van der Waals surface area contributed by atoms with Gasteiger partial charge in [0.15, 0.2) is 0 Å². The quantitative estimate of drug-likeness (QED) is 0.814. The molecule has 1 heterocycles. The average molecular weight is 256 g/mol. The number of nitrogens with one attached hydrogen (secondary N) is 1. The predicted octanol–water partition coefficient (Wildman–Crippen LogP) is 2.63. The van der Waals surface area contributed by atoms with E-state index < -0.39 is 0 Å². The third-order valence-electron chi connectivity index (χ3n) is 2.76. The fraction of sp³-hybridized carbons (Fsp3) is 0.833. The molecule has 0 amide bonds. The lowest BCUT2D eigenvalue weighted by Crippen LogP contribution is -2.40. The second-order valence-electron chi connectivity index (χ2n) is 4.72. The molecule has 0 saturated carbocycles. The third-order valence-corrected chi connectivity index (χ3v) is 3.47. The molecule has 0 spiro atoms. The first kappa shape index (κ1) is 14.4. The van der Waals surface area contributed by atoms with Crippen LogP contribution in [0.2, 0.25) is 0 Å². The van der Waals surface area contributed by atoms with E-state index in [1.165, 1.54) is 11.5 Å². The minimum Gasteiger partial charge on any atom is -0.359 e. The van der Waals surface area contributed by atoms with Gasteiger partial charge in [0.05, 0.1) is 0 Å². The van der Waals surface area contributed by atoms with E-state index in [-0.39, 0.29) is 0 Å². The SMILES string of the molecule is CCc1nsc(NCCN(C(C)C)C(C)C)n1. The molecule has 0 aliphatic heterocycles. The Hall–Kier alpha value is -0.680. The summed E-state index contributed by atoms with van der Waals surface area (Å²) in [6.07, 6.45) is 0.905. The summed E-state index contributed by atoms with van der Waals surface area (Å²) >= 11 is 1.45. The molecule has 17 heavy (non-hydrogen) atoms. The summed E-state index contributed by atoms with van der Waals surface area (Å²) in [6.45, 7) is 13.0. The summed E-state index contributed by atoms with van der Waals surface area (Å²) in [7, 11) is 0. The highest BCUT2D eigenvalue weighted by molar-refractivity contribution is 7.09. The third kappa shape index (κ3) is 4.60.